The van der Waals surface area contributed by atoms with Crippen LogP contribution in [0.2, 0.25) is 0 Å². The maximum atomic E-state index is 2.46. The van der Waals surface area contributed by atoms with E-state index in [0.29, 0.717) is 0 Å². The highest BCUT2D eigenvalue weighted by Crippen LogP contribution is 2.50. The molecule has 1 aromatic heterocycles. The smallest absolute Gasteiger partial charge is 0.127 e. The van der Waals surface area contributed by atoms with Crippen LogP contribution in [0, 0.1) is 0 Å². The molecule has 0 spiro atoms. The largest absolute Gasteiger partial charge is 0.310 e. The molecule has 0 bridgehead atoms. The lowest BCUT2D eigenvalue weighted by molar-refractivity contribution is 1.01. The van der Waals surface area contributed by atoms with Gasteiger partial charge in [0.2, 0.25) is 0 Å². The SMILES string of the molecule is c1ccc(-c2cc(-c3ccccc3)cc(N(c3ccccc3)c3ccc4c(c3)Cc3c(n(-c5ccccc5)c5ccccc35)N4c3ccccc3)c2)cc1. The summed E-state index contributed by atoms with van der Waals surface area (Å²) in [6.07, 6.45) is 0.810. The van der Waals surface area contributed by atoms with E-state index >= 15 is 0 Å². The van der Waals surface area contributed by atoms with E-state index in [4.69, 9.17) is 0 Å². The first-order chi connectivity index (χ1) is 26.8. The molecule has 1 aliphatic heterocycles. The van der Waals surface area contributed by atoms with Crippen LogP contribution in [0.25, 0.3) is 38.8 Å². The second-order valence-electron chi connectivity index (χ2n) is 13.8. The van der Waals surface area contributed by atoms with E-state index in [0.717, 1.165) is 34.9 Å². The molecule has 0 amide bonds. The molecule has 0 saturated heterocycles. The number of rotatable bonds is 7. The van der Waals surface area contributed by atoms with Gasteiger partial charge in [-0.1, -0.05) is 133 Å². The van der Waals surface area contributed by atoms with Gasteiger partial charge in [-0.05, 0) is 107 Å². The second-order valence-corrected chi connectivity index (χ2v) is 13.8. The van der Waals surface area contributed by atoms with E-state index in [1.807, 2.05) is 0 Å². The Morgan fingerprint density at radius 2 is 0.926 bits per heavy atom. The van der Waals surface area contributed by atoms with Crippen molar-refractivity contribution in [3.05, 3.63) is 223 Å². The first-order valence-corrected chi connectivity index (χ1v) is 18.6. The Kier molecular flexibility index (Phi) is 7.88. The molecule has 0 radical (unpaired) electrons. The number of aromatic nitrogens is 1. The number of hydrogen-bond donors (Lipinski definition) is 0. The predicted octanol–water partition coefficient (Wildman–Crippen LogP) is 13.8. The zero-order valence-corrected chi connectivity index (χ0v) is 29.8. The van der Waals surface area contributed by atoms with Gasteiger partial charge in [-0.3, -0.25) is 9.47 Å². The molecule has 3 heteroatoms. The van der Waals surface area contributed by atoms with Crippen LogP contribution in [-0.4, -0.2) is 4.57 Å². The summed E-state index contributed by atoms with van der Waals surface area (Å²) in [6, 6.07) is 76.5. The topological polar surface area (TPSA) is 11.4 Å². The minimum absolute atomic E-state index is 0.810. The van der Waals surface area contributed by atoms with Gasteiger partial charge in [-0.15, -0.1) is 0 Å². The fourth-order valence-electron chi connectivity index (χ4n) is 8.11. The molecule has 54 heavy (non-hydrogen) atoms. The predicted molar refractivity (Wildman–Crippen MR) is 226 cm³/mol. The molecule has 0 unspecified atom stereocenters. The molecule has 9 aromatic rings. The molecule has 2 heterocycles. The van der Waals surface area contributed by atoms with Crippen LogP contribution in [0.1, 0.15) is 11.1 Å². The molecule has 10 rings (SSSR count). The van der Waals surface area contributed by atoms with Gasteiger partial charge in [0.1, 0.15) is 5.82 Å². The summed E-state index contributed by atoms with van der Waals surface area (Å²) < 4.78 is 2.44. The third kappa shape index (κ3) is 5.55. The van der Waals surface area contributed by atoms with Crippen molar-refractivity contribution in [1.29, 1.82) is 0 Å². The van der Waals surface area contributed by atoms with Gasteiger partial charge in [0.25, 0.3) is 0 Å². The summed E-state index contributed by atoms with van der Waals surface area (Å²) in [5.41, 5.74) is 15.4. The summed E-state index contributed by atoms with van der Waals surface area (Å²) in [5.74, 6) is 1.19. The van der Waals surface area contributed by atoms with Crippen molar-refractivity contribution < 1.29 is 0 Å². The van der Waals surface area contributed by atoms with E-state index in [2.05, 4.69) is 227 Å². The minimum Gasteiger partial charge on any atom is -0.310 e. The van der Waals surface area contributed by atoms with E-state index in [1.54, 1.807) is 0 Å². The molecular weight excluding hydrogens is 655 g/mol. The highest BCUT2D eigenvalue weighted by Gasteiger charge is 2.32. The third-order valence-corrected chi connectivity index (χ3v) is 10.5. The number of benzene rings is 8. The molecule has 0 atom stereocenters. The summed E-state index contributed by atoms with van der Waals surface area (Å²) in [6.45, 7) is 0. The van der Waals surface area contributed by atoms with Crippen LogP contribution in [-0.2, 0) is 6.42 Å². The van der Waals surface area contributed by atoms with Crippen molar-refractivity contribution in [1.82, 2.24) is 4.57 Å². The standard InChI is InChI=1S/C51H37N3/c1-6-18-37(19-7-1)39-32-40(38-20-8-2-9-21-38)34-46(33-39)52(42-22-10-3-11-23-42)45-30-31-49-41(35-45)36-48-47-28-16-17-29-50(47)54(44-26-14-5-15-27-44)51(48)53(49)43-24-12-4-13-25-43/h1-35H,36H2. The van der Waals surface area contributed by atoms with E-state index in [1.165, 1.54) is 55.8 Å². The van der Waals surface area contributed by atoms with E-state index < -0.39 is 0 Å². The fourth-order valence-corrected chi connectivity index (χ4v) is 8.11. The highest BCUT2D eigenvalue weighted by atomic mass is 15.3. The van der Waals surface area contributed by atoms with Crippen molar-refractivity contribution in [2.45, 2.75) is 6.42 Å². The van der Waals surface area contributed by atoms with Gasteiger partial charge in [0.15, 0.2) is 0 Å². The summed E-state index contributed by atoms with van der Waals surface area (Å²) in [5, 5.41) is 1.27. The maximum absolute atomic E-state index is 2.46. The van der Waals surface area contributed by atoms with Gasteiger partial charge >= 0.3 is 0 Å². The van der Waals surface area contributed by atoms with Crippen LogP contribution in [0.15, 0.2) is 212 Å². The van der Waals surface area contributed by atoms with Gasteiger partial charge in [-0.25, -0.2) is 0 Å². The monoisotopic (exact) mass is 691 g/mol. The first kappa shape index (κ1) is 31.6. The second kappa shape index (κ2) is 13.5. The lowest BCUT2D eigenvalue weighted by Crippen LogP contribution is -2.21. The van der Waals surface area contributed by atoms with Gasteiger partial charge in [-0.2, -0.15) is 0 Å². The number of nitrogens with zero attached hydrogens (tertiary/aromatic N) is 3. The number of para-hydroxylation sites is 4. The molecule has 8 aromatic carbocycles. The molecular formula is C51H37N3. The Labute approximate surface area is 316 Å². The zero-order chi connectivity index (χ0) is 35.8. The van der Waals surface area contributed by atoms with Crippen LogP contribution in [0.3, 0.4) is 0 Å². The lowest BCUT2D eigenvalue weighted by Gasteiger charge is -2.35. The van der Waals surface area contributed by atoms with Crippen LogP contribution in [0.4, 0.5) is 34.3 Å². The molecule has 0 saturated carbocycles. The Bertz CT molecular complexity index is 2660. The fraction of sp³-hybridized carbons (Fsp3) is 0.0196. The van der Waals surface area contributed by atoms with Gasteiger partial charge in [0.05, 0.1) is 11.2 Å². The van der Waals surface area contributed by atoms with E-state index in [9.17, 15) is 0 Å². The number of hydrogen-bond acceptors (Lipinski definition) is 2. The van der Waals surface area contributed by atoms with Crippen LogP contribution < -0.4 is 9.80 Å². The summed E-state index contributed by atoms with van der Waals surface area (Å²) >= 11 is 0. The van der Waals surface area contributed by atoms with Crippen molar-refractivity contribution in [3.8, 4) is 27.9 Å². The van der Waals surface area contributed by atoms with Crippen molar-refractivity contribution >= 4 is 45.2 Å². The van der Waals surface area contributed by atoms with Gasteiger partial charge < -0.3 is 4.90 Å². The average molecular weight is 692 g/mol. The molecule has 3 nitrogen and oxygen atoms in total. The zero-order valence-electron chi connectivity index (χ0n) is 29.8. The average Bonchev–Trinajstić information content (AvgIpc) is 3.58. The van der Waals surface area contributed by atoms with Crippen molar-refractivity contribution in [3.63, 3.8) is 0 Å². The first-order valence-electron chi connectivity index (χ1n) is 18.6. The molecule has 0 fully saturated rings. The molecule has 1 aliphatic rings. The molecule has 256 valence electrons. The van der Waals surface area contributed by atoms with Crippen LogP contribution in [0.5, 0.6) is 0 Å². The third-order valence-electron chi connectivity index (χ3n) is 10.5. The number of anilines is 6. The summed E-state index contributed by atoms with van der Waals surface area (Å²) in [7, 11) is 0. The number of fused-ring (bicyclic) bond motifs is 4. The molecule has 0 N–H and O–H groups in total. The molecule has 0 aliphatic carbocycles. The lowest BCUT2D eigenvalue weighted by atomic mass is 9.95. The summed E-state index contributed by atoms with van der Waals surface area (Å²) in [4.78, 5) is 4.87. The normalized spacial score (nSPS) is 12.0. The maximum Gasteiger partial charge on any atom is 0.127 e. The quantitative estimate of drug-likeness (QED) is 0.165. The van der Waals surface area contributed by atoms with Crippen LogP contribution >= 0.6 is 0 Å². The Hall–Kier alpha value is -7.10. The Balaban J connectivity index is 1.19. The van der Waals surface area contributed by atoms with Gasteiger partial charge in [0, 0.05) is 45.8 Å². The minimum atomic E-state index is 0.810. The van der Waals surface area contributed by atoms with Crippen molar-refractivity contribution in [2.75, 3.05) is 9.80 Å². The Morgan fingerprint density at radius 1 is 0.389 bits per heavy atom. The van der Waals surface area contributed by atoms with Crippen molar-refractivity contribution in [2.24, 2.45) is 0 Å². The highest BCUT2D eigenvalue weighted by molar-refractivity contribution is 5.98. The van der Waals surface area contributed by atoms with E-state index in [-0.39, 0.29) is 0 Å². The Morgan fingerprint density at radius 3 is 1.56 bits per heavy atom.